The van der Waals surface area contributed by atoms with Crippen molar-refractivity contribution in [2.75, 3.05) is 0 Å². The van der Waals surface area contributed by atoms with Crippen LogP contribution in [0.2, 0.25) is 0 Å². The van der Waals surface area contributed by atoms with E-state index in [-0.39, 0.29) is 17.9 Å². The molecule has 2 heterocycles. The number of aromatic amines is 1. The van der Waals surface area contributed by atoms with Gasteiger partial charge in [0.2, 0.25) is 5.91 Å². The molecule has 0 saturated carbocycles. The predicted octanol–water partition coefficient (Wildman–Crippen LogP) is 3.55. The molecule has 0 unspecified atom stereocenters. The first-order valence-electron chi connectivity index (χ1n) is 8.93. The lowest BCUT2D eigenvalue weighted by atomic mass is 9.85. The van der Waals surface area contributed by atoms with Crippen LogP contribution in [0.5, 0.6) is 0 Å². The van der Waals surface area contributed by atoms with E-state index in [2.05, 4.69) is 33.2 Å². The minimum Gasteiger partial charge on any atom is -0.309 e. The van der Waals surface area contributed by atoms with Crippen LogP contribution < -0.4 is 11.0 Å². The third kappa shape index (κ3) is 4.08. The van der Waals surface area contributed by atoms with Gasteiger partial charge in [-0.05, 0) is 57.6 Å². The van der Waals surface area contributed by atoms with Gasteiger partial charge in [-0.25, -0.2) is 10.4 Å². The highest BCUT2D eigenvalue weighted by molar-refractivity contribution is 7.18. The molecule has 7 heteroatoms. The first-order valence-corrected chi connectivity index (χ1v) is 9.74. The van der Waals surface area contributed by atoms with Gasteiger partial charge in [0.05, 0.1) is 17.5 Å². The van der Waals surface area contributed by atoms with Crippen LogP contribution in [0.1, 0.15) is 43.0 Å². The van der Waals surface area contributed by atoms with E-state index in [1.807, 2.05) is 27.7 Å². The Hall–Kier alpha value is -2.54. The second-order valence-corrected chi connectivity index (χ2v) is 8.32. The Morgan fingerprint density at radius 3 is 2.89 bits per heavy atom. The number of hydrogen-bond acceptors (Lipinski definition) is 5. The summed E-state index contributed by atoms with van der Waals surface area (Å²) >= 11 is 1.47. The summed E-state index contributed by atoms with van der Waals surface area (Å²) in [5.41, 5.74) is 6.39. The fourth-order valence-corrected chi connectivity index (χ4v) is 4.18. The number of thiophene rings is 1. The molecular formula is C20H24N4O2S. The van der Waals surface area contributed by atoms with Crippen LogP contribution in [0.15, 0.2) is 33.7 Å². The molecule has 27 heavy (non-hydrogen) atoms. The standard InChI is InChI=1S/C20H24N4O2S/c1-10(2)14-7-6-11(3)15(8-14)23-24-17(25)9-16-21-19(26)18-12(4)13(5)27-20(18)22-16/h6,14H,1,7-9H2,2-5H3,(H,24,25)(H,21,22,26)/b23-15-/t14-/m0/s1. The number of fused-ring (bicyclic) bond motifs is 1. The van der Waals surface area contributed by atoms with Gasteiger partial charge in [-0.2, -0.15) is 5.10 Å². The van der Waals surface area contributed by atoms with Crippen molar-refractivity contribution >= 4 is 33.2 Å². The van der Waals surface area contributed by atoms with Crippen LogP contribution in [0.4, 0.5) is 0 Å². The molecule has 2 N–H and O–H groups in total. The molecule has 3 rings (SSSR count). The number of nitrogens with zero attached hydrogens (tertiary/aromatic N) is 2. The summed E-state index contributed by atoms with van der Waals surface area (Å²) in [7, 11) is 0. The maximum absolute atomic E-state index is 12.3. The van der Waals surface area contributed by atoms with Gasteiger partial charge in [-0.15, -0.1) is 11.3 Å². The molecule has 0 radical (unpaired) electrons. The van der Waals surface area contributed by atoms with Crippen molar-refractivity contribution in [3.63, 3.8) is 0 Å². The monoisotopic (exact) mass is 384 g/mol. The lowest BCUT2D eigenvalue weighted by Crippen LogP contribution is -2.26. The number of carbonyl (C=O) groups is 1. The van der Waals surface area contributed by atoms with Crippen molar-refractivity contribution in [3.8, 4) is 0 Å². The van der Waals surface area contributed by atoms with Crippen LogP contribution in [-0.2, 0) is 11.2 Å². The van der Waals surface area contributed by atoms with Crippen molar-refractivity contribution in [3.05, 3.63) is 50.4 Å². The lowest BCUT2D eigenvalue weighted by Gasteiger charge is -2.22. The highest BCUT2D eigenvalue weighted by atomic mass is 32.1. The van der Waals surface area contributed by atoms with Crippen LogP contribution in [0.25, 0.3) is 10.2 Å². The van der Waals surface area contributed by atoms with Crippen LogP contribution in [0, 0.1) is 19.8 Å². The Kier molecular flexibility index (Phi) is 5.41. The number of aromatic nitrogens is 2. The molecule has 0 aromatic carbocycles. The molecule has 142 valence electrons. The minimum absolute atomic E-state index is 0.0232. The fourth-order valence-electron chi connectivity index (χ4n) is 3.13. The Morgan fingerprint density at radius 2 is 2.19 bits per heavy atom. The van der Waals surface area contributed by atoms with Gasteiger partial charge in [0.25, 0.3) is 5.56 Å². The molecule has 0 saturated heterocycles. The van der Waals surface area contributed by atoms with Crippen molar-refractivity contribution in [2.24, 2.45) is 11.0 Å². The third-order valence-corrected chi connectivity index (χ3v) is 6.13. The summed E-state index contributed by atoms with van der Waals surface area (Å²) < 4.78 is 0. The number of hydrogen-bond donors (Lipinski definition) is 2. The smallest absolute Gasteiger partial charge is 0.259 e. The van der Waals surface area contributed by atoms with Crippen molar-refractivity contribution in [1.82, 2.24) is 15.4 Å². The molecule has 0 spiro atoms. The number of hydrazone groups is 1. The van der Waals surface area contributed by atoms with Crippen molar-refractivity contribution in [2.45, 2.75) is 47.0 Å². The number of H-pyrrole nitrogens is 1. The van der Waals surface area contributed by atoms with Gasteiger partial charge in [-0.3, -0.25) is 9.59 Å². The minimum atomic E-state index is -0.305. The molecule has 1 aliphatic rings. The largest absolute Gasteiger partial charge is 0.309 e. The zero-order valence-corrected chi connectivity index (χ0v) is 16.9. The average Bonchev–Trinajstić information content (AvgIpc) is 2.88. The molecule has 2 aromatic heterocycles. The Morgan fingerprint density at radius 1 is 1.44 bits per heavy atom. The lowest BCUT2D eigenvalue weighted by molar-refractivity contribution is -0.120. The predicted molar refractivity (Wildman–Crippen MR) is 110 cm³/mol. The maximum Gasteiger partial charge on any atom is 0.259 e. The number of allylic oxidation sites excluding steroid dienone is 3. The summed E-state index contributed by atoms with van der Waals surface area (Å²) in [6, 6.07) is 0. The summed E-state index contributed by atoms with van der Waals surface area (Å²) in [6.45, 7) is 11.9. The number of rotatable bonds is 4. The molecule has 1 atom stereocenters. The summed E-state index contributed by atoms with van der Waals surface area (Å²) in [4.78, 5) is 33.5. The average molecular weight is 385 g/mol. The molecule has 0 fully saturated rings. The molecule has 0 bridgehead atoms. The molecule has 6 nitrogen and oxygen atoms in total. The Balaban J connectivity index is 1.73. The van der Waals surface area contributed by atoms with Crippen LogP contribution in [0.3, 0.4) is 0 Å². The SMILES string of the molecule is C=C(C)[C@H]1CC=C(C)/C(=N\NC(=O)Cc2nc3sc(C)c(C)c3c(=O)[nH]2)C1. The van der Waals surface area contributed by atoms with Gasteiger partial charge in [0.15, 0.2) is 0 Å². The van der Waals surface area contributed by atoms with Gasteiger partial charge >= 0.3 is 0 Å². The molecule has 2 aromatic rings. The Bertz CT molecular complexity index is 1040. The van der Waals surface area contributed by atoms with Gasteiger partial charge in [0, 0.05) is 4.88 Å². The zero-order valence-electron chi connectivity index (χ0n) is 16.1. The van der Waals surface area contributed by atoms with Gasteiger partial charge < -0.3 is 4.98 Å². The fraction of sp³-hybridized carbons (Fsp3) is 0.400. The number of nitrogens with one attached hydrogen (secondary N) is 2. The van der Waals surface area contributed by atoms with E-state index < -0.39 is 0 Å². The van der Waals surface area contributed by atoms with Crippen molar-refractivity contribution in [1.29, 1.82) is 0 Å². The summed E-state index contributed by atoms with van der Waals surface area (Å²) in [6.07, 6.45) is 3.83. The third-order valence-electron chi connectivity index (χ3n) is 5.03. The first-order chi connectivity index (χ1) is 12.8. The highest BCUT2D eigenvalue weighted by Crippen LogP contribution is 2.27. The van der Waals surface area contributed by atoms with Gasteiger partial charge in [0.1, 0.15) is 10.7 Å². The summed E-state index contributed by atoms with van der Waals surface area (Å²) in [5, 5.41) is 4.89. The maximum atomic E-state index is 12.3. The van der Waals surface area contributed by atoms with E-state index in [9.17, 15) is 9.59 Å². The number of amides is 1. The second kappa shape index (κ2) is 7.60. The van der Waals surface area contributed by atoms with Crippen molar-refractivity contribution < 1.29 is 4.79 Å². The van der Waals surface area contributed by atoms with E-state index in [1.54, 1.807) is 0 Å². The molecule has 1 aliphatic carbocycles. The highest BCUT2D eigenvalue weighted by Gasteiger charge is 2.19. The summed E-state index contributed by atoms with van der Waals surface area (Å²) in [5.74, 6) is 0.400. The number of aryl methyl sites for hydroxylation is 2. The van der Waals surface area contributed by atoms with E-state index >= 15 is 0 Å². The first kappa shape index (κ1) is 19.2. The number of carbonyl (C=O) groups excluding carboxylic acids is 1. The Labute approximate surface area is 162 Å². The van der Waals surface area contributed by atoms with E-state index in [0.29, 0.717) is 22.0 Å². The normalized spacial score (nSPS) is 18.6. The quantitative estimate of drug-likeness (QED) is 0.624. The second-order valence-electron chi connectivity index (χ2n) is 7.12. The van der Waals surface area contributed by atoms with E-state index in [4.69, 9.17) is 0 Å². The van der Waals surface area contributed by atoms with E-state index in [1.165, 1.54) is 11.3 Å². The van der Waals surface area contributed by atoms with Crippen LogP contribution in [-0.4, -0.2) is 21.6 Å². The van der Waals surface area contributed by atoms with Crippen LogP contribution >= 0.6 is 11.3 Å². The zero-order chi connectivity index (χ0) is 19.7. The molecule has 1 amide bonds. The molecule has 0 aliphatic heterocycles. The molecular weight excluding hydrogens is 360 g/mol. The van der Waals surface area contributed by atoms with Gasteiger partial charge in [-0.1, -0.05) is 18.2 Å². The topological polar surface area (TPSA) is 87.2 Å². The van der Waals surface area contributed by atoms with E-state index in [0.717, 1.165) is 40.1 Å².